The van der Waals surface area contributed by atoms with E-state index in [0.717, 1.165) is 13.1 Å². The molecule has 1 aromatic carbocycles. The minimum Gasteiger partial charge on any atom is -0.370 e. The topological polar surface area (TPSA) is 41.6 Å². The summed E-state index contributed by atoms with van der Waals surface area (Å²) in [5.74, 6) is 1.15. The van der Waals surface area contributed by atoms with E-state index >= 15 is 0 Å². The van der Waals surface area contributed by atoms with E-state index in [4.69, 9.17) is 5.73 Å². The van der Waals surface area contributed by atoms with Crippen LogP contribution in [-0.2, 0) is 0 Å². The fraction of sp³-hybridized carbons (Fsp3) is 0.462. The third-order valence-corrected chi connectivity index (χ3v) is 3.38. The molecule has 3 nitrogen and oxygen atoms in total. The summed E-state index contributed by atoms with van der Waals surface area (Å²) in [4.78, 5) is 6.53. The number of hydrogen-bond donors (Lipinski definition) is 1. The molecule has 2 rings (SSSR count). The smallest absolute Gasteiger partial charge is 0.191 e. The summed E-state index contributed by atoms with van der Waals surface area (Å²) in [5.41, 5.74) is 7.23. The van der Waals surface area contributed by atoms with E-state index in [0.29, 0.717) is 17.9 Å². The largest absolute Gasteiger partial charge is 0.370 e. The summed E-state index contributed by atoms with van der Waals surface area (Å²) in [5, 5.41) is 0. The molecule has 0 saturated heterocycles. The maximum absolute atomic E-state index is 5.87. The molecule has 0 spiro atoms. The Morgan fingerprint density at radius 1 is 1.44 bits per heavy atom. The molecule has 0 bridgehead atoms. The molecule has 2 atom stereocenters. The summed E-state index contributed by atoms with van der Waals surface area (Å²) in [6, 6.07) is 11.0. The Labute approximate surface area is 97.0 Å². The Bertz CT molecular complexity index is 372. The van der Waals surface area contributed by atoms with Gasteiger partial charge in [0.2, 0.25) is 0 Å². The second kappa shape index (κ2) is 4.56. The standard InChI is InChI=1S/C13H19N3/c1-3-16-12(9-15-13(16)14)10(2)11-7-5-4-6-8-11/h4-8,10,12H,3,9H2,1-2H3,(H2,14,15). The fourth-order valence-electron chi connectivity index (χ4n) is 2.35. The van der Waals surface area contributed by atoms with Crippen LogP contribution in [-0.4, -0.2) is 30.0 Å². The maximum atomic E-state index is 5.87. The van der Waals surface area contributed by atoms with Crippen LogP contribution in [0.15, 0.2) is 35.3 Å². The summed E-state index contributed by atoms with van der Waals surface area (Å²) in [7, 11) is 0. The van der Waals surface area contributed by atoms with Crippen molar-refractivity contribution in [3.05, 3.63) is 35.9 Å². The van der Waals surface area contributed by atoms with Crippen molar-refractivity contribution in [2.75, 3.05) is 13.1 Å². The van der Waals surface area contributed by atoms with E-state index in [9.17, 15) is 0 Å². The van der Waals surface area contributed by atoms with Gasteiger partial charge in [0.05, 0.1) is 12.6 Å². The highest BCUT2D eigenvalue weighted by Gasteiger charge is 2.29. The Kier molecular flexibility index (Phi) is 3.13. The molecule has 1 aliphatic rings. The summed E-state index contributed by atoms with van der Waals surface area (Å²) < 4.78 is 0. The van der Waals surface area contributed by atoms with E-state index < -0.39 is 0 Å². The van der Waals surface area contributed by atoms with Gasteiger partial charge >= 0.3 is 0 Å². The lowest BCUT2D eigenvalue weighted by atomic mass is 9.93. The molecule has 1 heterocycles. The van der Waals surface area contributed by atoms with Gasteiger partial charge in [-0.05, 0) is 12.5 Å². The van der Waals surface area contributed by atoms with Gasteiger partial charge in [0.1, 0.15) is 0 Å². The average Bonchev–Trinajstić information content (AvgIpc) is 2.70. The second-order valence-electron chi connectivity index (χ2n) is 4.25. The van der Waals surface area contributed by atoms with Crippen LogP contribution in [0.4, 0.5) is 0 Å². The van der Waals surface area contributed by atoms with Gasteiger partial charge in [-0.25, -0.2) is 0 Å². The van der Waals surface area contributed by atoms with Gasteiger partial charge < -0.3 is 10.6 Å². The van der Waals surface area contributed by atoms with Gasteiger partial charge in [0.25, 0.3) is 0 Å². The van der Waals surface area contributed by atoms with Crippen molar-refractivity contribution in [3.63, 3.8) is 0 Å². The molecule has 0 radical (unpaired) electrons. The lowest BCUT2D eigenvalue weighted by molar-refractivity contribution is 0.318. The quantitative estimate of drug-likeness (QED) is 0.839. The molecular weight excluding hydrogens is 198 g/mol. The van der Waals surface area contributed by atoms with Crippen molar-refractivity contribution in [3.8, 4) is 0 Å². The molecule has 1 aromatic rings. The molecule has 0 saturated carbocycles. The molecular formula is C13H19N3. The monoisotopic (exact) mass is 217 g/mol. The minimum absolute atomic E-state index is 0.410. The van der Waals surface area contributed by atoms with Crippen molar-refractivity contribution in [1.82, 2.24) is 4.90 Å². The van der Waals surface area contributed by atoms with Gasteiger partial charge in [0.15, 0.2) is 5.96 Å². The molecule has 2 unspecified atom stereocenters. The van der Waals surface area contributed by atoms with Crippen LogP contribution in [0.5, 0.6) is 0 Å². The van der Waals surface area contributed by atoms with Crippen LogP contribution in [0.25, 0.3) is 0 Å². The number of nitrogens with zero attached hydrogens (tertiary/aromatic N) is 2. The number of guanidine groups is 1. The Balaban J connectivity index is 2.15. The summed E-state index contributed by atoms with van der Waals surface area (Å²) in [6.07, 6.45) is 0. The Morgan fingerprint density at radius 3 is 2.75 bits per heavy atom. The first-order valence-corrected chi connectivity index (χ1v) is 5.85. The third-order valence-electron chi connectivity index (χ3n) is 3.38. The Hall–Kier alpha value is -1.51. The predicted molar refractivity (Wildman–Crippen MR) is 67.5 cm³/mol. The predicted octanol–water partition coefficient (Wildman–Crippen LogP) is 1.81. The summed E-state index contributed by atoms with van der Waals surface area (Å²) in [6.45, 7) is 6.11. The van der Waals surface area contributed by atoms with E-state index in [1.54, 1.807) is 0 Å². The molecule has 0 aliphatic carbocycles. The zero-order valence-electron chi connectivity index (χ0n) is 9.93. The fourth-order valence-corrected chi connectivity index (χ4v) is 2.35. The lowest BCUT2D eigenvalue weighted by Gasteiger charge is -2.29. The van der Waals surface area contributed by atoms with E-state index in [-0.39, 0.29) is 0 Å². The average molecular weight is 217 g/mol. The molecule has 86 valence electrons. The first-order chi connectivity index (χ1) is 7.74. The first kappa shape index (κ1) is 11.0. The van der Waals surface area contributed by atoms with E-state index in [1.807, 2.05) is 6.07 Å². The summed E-state index contributed by atoms with van der Waals surface area (Å²) >= 11 is 0. The molecule has 0 amide bonds. The minimum atomic E-state index is 0.410. The van der Waals surface area contributed by atoms with Crippen LogP contribution in [0.1, 0.15) is 25.3 Å². The first-order valence-electron chi connectivity index (χ1n) is 5.85. The highest BCUT2D eigenvalue weighted by atomic mass is 15.3. The molecule has 1 aliphatic heterocycles. The highest BCUT2D eigenvalue weighted by Crippen LogP contribution is 2.25. The number of rotatable bonds is 3. The van der Waals surface area contributed by atoms with Crippen molar-refractivity contribution in [2.45, 2.75) is 25.8 Å². The SMILES string of the molecule is CCN1C(N)=NCC1C(C)c1ccccc1. The number of nitrogens with two attached hydrogens (primary N) is 1. The molecule has 2 N–H and O–H groups in total. The molecule has 0 fully saturated rings. The van der Waals surface area contributed by atoms with Crippen molar-refractivity contribution in [2.24, 2.45) is 10.7 Å². The number of aliphatic imine (C=N–C) groups is 1. The third kappa shape index (κ3) is 1.90. The van der Waals surface area contributed by atoms with Crippen LogP contribution in [0.3, 0.4) is 0 Å². The number of benzene rings is 1. The van der Waals surface area contributed by atoms with Crippen LogP contribution in [0, 0.1) is 0 Å². The van der Waals surface area contributed by atoms with Crippen LogP contribution >= 0.6 is 0 Å². The van der Waals surface area contributed by atoms with Crippen LogP contribution in [0.2, 0.25) is 0 Å². The van der Waals surface area contributed by atoms with E-state index in [2.05, 4.69) is 48.0 Å². The van der Waals surface area contributed by atoms with Crippen molar-refractivity contribution >= 4 is 5.96 Å². The van der Waals surface area contributed by atoms with Gasteiger partial charge in [-0.3, -0.25) is 4.99 Å². The normalized spacial score (nSPS) is 22.0. The number of hydrogen-bond acceptors (Lipinski definition) is 3. The molecule has 0 aromatic heterocycles. The highest BCUT2D eigenvalue weighted by molar-refractivity contribution is 5.80. The number of likely N-dealkylation sites (N-methyl/N-ethyl adjacent to an activating group) is 1. The van der Waals surface area contributed by atoms with Crippen molar-refractivity contribution < 1.29 is 0 Å². The van der Waals surface area contributed by atoms with Gasteiger partial charge in [-0.15, -0.1) is 0 Å². The van der Waals surface area contributed by atoms with Gasteiger partial charge in [0, 0.05) is 12.5 Å². The van der Waals surface area contributed by atoms with Crippen LogP contribution < -0.4 is 5.73 Å². The Morgan fingerprint density at radius 2 is 2.12 bits per heavy atom. The zero-order valence-corrected chi connectivity index (χ0v) is 9.93. The maximum Gasteiger partial charge on any atom is 0.191 e. The van der Waals surface area contributed by atoms with E-state index in [1.165, 1.54) is 5.56 Å². The molecule has 3 heteroatoms. The van der Waals surface area contributed by atoms with Gasteiger partial charge in [-0.2, -0.15) is 0 Å². The lowest BCUT2D eigenvalue weighted by Crippen LogP contribution is -2.42. The zero-order chi connectivity index (χ0) is 11.5. The van der Waals surface area contributed by atoms with Crippen molar-refractivity contribution in [1.29, 1.82) is 0 Å². The second-order valence-corrected chi connectivity index (χ2v) is 4.25. The van der Waals surface area contributed by atoms with Gasteiger partial charge in [-0.1, -0.05) is 37.3 Å². The molecule has 16 heavy (non-hydrogen) atoms.